The molecule has 2 saturated heterocycles. The normalized spacial score (nSPS) is 34.1. The van der Waals surface area contributed by atoms with E-state index in [0.717, 1.165) is 12.2 Å². The molecule has 0 radical (unpaired) electrons. The molecule has 2 aliphatic rings. The van der Waals surface area contributed by atoms with Crippen LogP contribution in [0.15, 0.2) is 12.3 Å². The average Bonchev–Trinajstić information content (AvgIpc) is 2.97. The van der Waals surface area contributed by atoms with E-state index >= 15 is 0 Å². The van der Waals surface area contributed by atoms with Gasteiger partial charge < -0.3 is 71.1 Å². The highest BCUT2D eigenvalue weighted by Crippen LogP contribution is 2.29. The lowest BCUT2D eigenvalue weighted by atomic mass is 9.96. The fourth-order valence-corrected chi connectivity index (χ4v) is 4.60. The molecular weight excluding hydrogens is 560 g/mol. The topological polar surface area (TPSA) is 258 Å². The maximum atomic E-state index is 12.1. The fourth-order valence-electron chi connectivity index (χ4n) is 4.60. The van der Waals surface area contributed by atoms with Crippen LogP contribution in [-0.2, 0) is 23.7 Å². The van der Waals surface area contributed by atoms with Crippen molar-refractivity contribution in [3.63, 3.8) is 0 Å². The zero-order valence-electron chi connectivity index (χ0n) is 24.1. The third-order valence-electron chi connectivity index (χ3n) is 7.08. The Morgan fingerprint density at radius 1 is 0.952 bits per heavy atom. The summed E-state index contributed by atoms with van der Waals surface area (Å²) >= 11 is 0. The van der Waals surface area contributed by atoms with Gasteiger partial charge in [-0.25, -0.2) is 0 Å². The van der Waals surface area contributed by atoms with Gasteiger partial charge in [-0.1, -0.05) is 6.58 Å². The Balaban J connectivity index is 1.71. The molecule has 42 heavy (non-hydrogen) atoms. The van der Waals surface area contributed by atoms with Gasteiger partial charge in [-0.05, 0) is 32.6 Å². The van der Waals surface area contributed by atoms with Gasteiger partial charge in [0.25, 0.3) is 0 Å². The molecule has 0 aromatic carbocycles. The van der Waals surface area contributed by atoms with Gasteiger partial charge in [0.05, 0.1) is 25.9 Å². The molecule has 0 saturated carbocycles. The van der Waals surface area contributed by atoms with Gasteiger partial charge in [0.2, 0.25) is 5.91 Å². The number of likely N-dealkylation sites (N-methyl/N-ethyl adjacent to an activating group) is 1. The maximum absolute atomic E-state index is 12.1. The highest BCUT2D eigenvalue weighted by molar-refractivity contribution is 5.75. The Morgan fingerprint density at radius 3 is 2.29 bits per heavy atom. The number of hydrogen-bond donors (Lipinski definition) is 11. The molecule has 0 aliphatic carbocycles. The molecule has 2 heterocycles. The molecule has 12 N–H and O–H groups in total. The van der Waals surface area contributed by atoms with Gasteiger partial charge in [-0.15, -0.1) is 0 Å². The number of amides is 1. The van der Waals surface area contributed by atoms with E-state index in [1.807, 2.05) is 6.92 Å². The molecule has 0 aromatic heterocycles. The molecule has 2 aliphatic heterocycles. The van der Waals surface area contributed by atoms with Crippen molar-refractivity contribution in [2.75, 3.05) is 39.5 Å². The van der Waals surface area contributed by atoms with E-state index in [0.29, 0.717) is 38.6 Å². The second-order valence-corrected chi connectivity index (χ2v) is 10.4. The summed E-state index contributed by atoms with van der Waals surface area (Å²) < 4.78 is 22.1. The zero-order chi connectivity index (χ0) is 31.2. The lowest BCUT2D eigenvalue weighted by molar-refractivity contribution is -0.346. The number of rotatable bonds is 19. The molecule has 2 fully saturated rings. The zero-order valence-corrected chi connectivity index (χ0v) is 24.1. The van der Waals surface area contributed by atoms with Crippen molar-refractivity contribution in [1.82, 2.24) is 16.0 Å². The molecule has 16 nitrogen and oxygen atoms in total. The van der Waals surface area contributed by atoms with Crippen LogP contribution < -0.4 is 21.7 Å². The van der Waals surface area contributed by atoms with Crippen LogP contribution in [0, 0.1) is 0 Å². The van der Waals surface area contributed by atoms with Crippen LogP contribution >= 0.6 is 0 Å². The van der Waals surface area contributed by atoms with Crippen molar-refractivity contribution in [3.8, 4) is 0 Å². The summed E-state index contributed by atoms with van der Waals surface area (Å²) in [5.74, 6) is -0.152. The van der Waals surface area contributed by atoms with Crippen LogP contribution in [-0.4, -0.2) is 149 Å². The number of ether oxygens (including phenoxy) is 4. The lowest BCUT2D eigenvalue weighted by Crippen LogP contribution is -2.66. The minimum absolute atomic E-state index is 0.0515. The number of aliphatic hydroxyl groups is 7. The van der Waals surface area contributed by atoms with Crippen LogP contribution in [0.5, 0.6) is 0 Å². The third-order valence-corrected chi connectivity index (χ3v) is 7.08. The van der Waals surface area contributed by atoms with Gasteiger partial charge in [0, 0.05) is 31.8 Å². The van der Waals surface area contributed by atoms with E-state index in [-0.39, 0.29) is 19.1 Å². The number of unbranched alkanes of at least 4 members (excludes halogenated alkanes) is 1. The van der Waals surface area contributed by atoms with E-state index in [1.54, 1.807) is 0 Å². The number of carbonyl (C=O) groups is 1. The summed E-state index contributed by atoms with van der Waals surface area (Å²) in [6.45, 7) is 6.09. The quantitative estimate of drug-likeness (QED) is 0.0488. The highest BCUT2D eigenvalue weighted by atomic mass is 16.7. The van der Waals surface area contributed by atoms with Crippen LogP contribution in [0.4, 0.5) is 0 Å². The molecular formula is C26H50N4O12. The molecule has 1 amide bonds. The lowest BCUT2D eigenvalue weighted by Gasteiger charge is -2.46. The fraction of sp³-hybridized carbons (Fsp3) is 0.885. The Labute approximate surface area is 245 Å². The largest absolute Gasteiger partial charge is 0.394 e. The van der Waals surface area contributed by atoms with Gasteiger partial charge >= 0.3 is 0 Å². The summed E-state index contributed by atoms with van der Waals surface area (Å²) in [6.07, 6.45) is -10.8. The molecule has 0 spiro atoms. The Hall–Kier alpha value is -1.51. The number of aliphatic hydroxyl groups excluding tert-OH is 7. The van der Waals surface area contributed by atoms with Crippen LogP contribution in [0.3, 0.4) is 0 Å². The second kappa shape index (κ2) is 19.0. The van der Waals surface area contributed by atoms with Crippen molar-refractivity contribution < 1.29 is 59.5 Å². The summed E-state index contributed by atoms with van der Waals surface area (Å²) in [4.78, 5) is 12.1. The molecule has 0 bridgehead atoms. The van der Waals surface area contributed by atoms with Crippen LogP contribution in [0.2, 0.25) is 0 Å². The smallest absolute Gasteiger partial charge is 0.219 e. The van der Waals surface area contributed by atoms with E-state index < -0.39 is 80.8 Å². The minimum atomic E-state index is -1.56. The second-order valence-electron chi connectivity index (χ2n) is 10.4. The van der Waals surface area contributed by atoms with Crippen LogP contribution in [0.25, 0.3) is 0 Å². The first kappa shape index (κ1) is 36.7. The molecule has 0 aromatic rings. The van der Waals surface area contributed by atoms with Gasteiger partial charge in [-0.3, -0.25) is 10.1 Å². The molecule has 16 heteroatoms. The van der Waals surface area contributed by atoms with Crippen molar-refractivity contribution in [1.29, 1.82) is 0 Å². The summed E-state index contributed by atoms with van der Waals surface area (Å²) in [5.41, 5.74) is 6.68. The predicted molar refractivity (Wildman–Crippen MR) is 147 cm³/mol. The average molecular weight is 611 g/mol. The van der Waals surface area contributed by atoms with Crippen molar-refractivity contribution >= 4 is 5.91 Å². The maximum Gasteiger partial charge on any atom is 0.219 e. The van der Waals surface area contributed by atoms with E-state index in [1.165, 1.54) is 0 Å². The van der Waals surface area contributed by atoms with Crippen molar-refractivity contribution in [2.24, 2.45) is 5.73 Å². The van der Waals surface area contributed by atoms with Crippen molar-refractivity contribution in [2.45, 2.75) is 107 Å². The Kier molecular flexibility index (Phi) is 16.6. The number of carbonyl (C=O) groups excluding carboxylic acids is 1. The van der Waals surface area contributed by atoms with Crippen molar-refractivity contribution in [3.05, 3.63) is 12.3 Å². The number of nitrogens with one attached hydrogen (secondary N) is 3. The first-order valence-electron chi connectivity index (χ1n) is 14.4. The summed E-state index contributed by atoms with van der Waals surface area (Å²) in [6, 6.07) is -1.27. The first-order valence-corrected chi connectivity index (χ1v) is 14.4. The van der Waals surface area contributed by atoms with Crippen LogP contribution in [0.1, 0.15) is 39.0 Å². The predicted octanol–water partition coefficient (Wildman–Crippen LogP) is -4.31. The summed E-state index contributed by atoms with van der Waals surface area (Å²) in [7, 11) is 0. The highest BCUT2D eigenvalue weighted by Gasteiger charge is 2.50. The molecule has 11 atom stereocenters. The standard InChI is InChI=1S/C26H50N4O12/c1-3-28-14(2)11-30-18(34)8-5-4-7-17(33)29-9-6-10-39-26-23(38)24(21(36)16(13-32)41-26)42-25-19(27)22(37)20(35)15(12-31)40-25/h15-16,18-26,28,30-32,34-38H,2-13,27H2,1H3,(H,29,33)/t15?,16?,18?,19?,20-,21-,22?,23?,24?,25+,26+/m0/s1. The molecule has 2 rings (SSSR count). The SMILES string of the molecule is C=C(CNC(O)CCCCC(=O)NCCCO[C@@H]1OC(CO)[C@H](O)C(O[C@H]2OC(CO)[C@H](O)C(O)C2N)C1O)NCC. The monoisotopic (exact) mass is 610 g/mol. The van der Waals surface area contributed by atoms with Gasteiger partial charge in [0.15, 0.2) is 12.6 Å². The molecule has 7 unspecified atom stereocenters. The van der Waals surface area contributed by atoms with E-state index in [2.05, 4.69) is 22.5 Å². The Morgan fingerprint density at radius 2 is 1.62 bits per heavy atom. The van der Waals surface area contributed by atoms with E-state index in [4.69, 9.17) is 24.7 Å². The van der Waals surface area contributed by atoms with Gasteiger partial charge in [0.1, 0.15) is 49.0 Å². The summed E-state index contributed by atoms with van der Waals surface area (Å²) in [5, 5.41) is 79.3. The van der Waals surface area contributed by atoms with Gasteiger partial charge in [-0.2, -0.15) is 0 Å². The Bertz CT molecular complexity index is 796. The molecule has 246 valence electrons. The van der Waals surface area contributed by atoms with E-state index in [9.17, 15) is 40.5 Å². The third kappa shape index (κ3) is 11.2. The number of hydrogen-bond acceptors (Lipinski definition) is 15. The minimum Gasteiger partial charge on any atom is -0.394 e. The first-order chi connectivity index (χ1) is 20.0. The number of nitrogens with two attached hydrogens (primary N) is 1.